The molecule has 0 atom stereocenters. The fraction of sp³-hybridized carbons (Fsp3) is 0.0500. The molecule has 30 heavy (non-hydrogen) atoms. The van der Waals surface area contributed by atoms with Crippen molar-refractivity contribution in [3.63, 3.8) is 0 Å². The number of nitrogens with one attached hydrogen (secondary N) is 1. The van der Waals surface area contributed by atoms with E-state index in [1.165, 1.54) is 42.7 Å². The van der Waals surface area contributed by atoms with Gasteiger partial charge in [-0.15, -0.1) is 0 Å². The van der Waals surface area contributed by atoms with Crippen LogP contribution in [0.4, 0.5) is 10.5 Å². The number of amides is 4. The van der Waals surface area contributed by atoms with Gasteiger partial charge in [0.25, 0.3) is 17.5 Å². The van der Waals surface area contributed by atoms with Gasteiger partial charge in [0, 0.05) is 17.7 Å². The molecule has 1 aromatic carbocycles. The van der Waals surface area contributed by atoms with E-state index in [9.17, 15) is 24.5 Å². The van der Waals surface area contributed by atoms with Gasteiger partial charge in [0.05, 0.1) is 17.7 Å². The number of nitro benzene ring substituents is 1. The van der Waals surface area contributed by atoms with E-state index in [2.05, 4.69) is 5.32 Å². The Hall–Kier alpha value is -4.47. The highest BCUT2D eigenvalue weighted by molar-refractivity contribution is 6.30. The van der Waals surface area contributed by atoms with Gasteiger partial charge in [0.1, 0.15) is 22.9 Å². The number of urea groups is 1. The van der Waals surface area contributed by atoms with Gasteiger partial charge >= 0.3 is 6.03 Å². The van der Waals surface area contributed by atoms with Crippen molar-refractivity contribution in [2.45, 2.75) is 6.54 Å². The van der Waals surface area contributed by atoms with E-state index >= 15 is 0 Å². The zero-order valence-corrected chi connectivity index (χ0v) is 15.2. The van der Waals surface area contributed by atoms with E-state index in [4.69, 9.17) is 8.83 Å². The molecule has 1 aliphatic heterocycles. The minimum Gasteiger partial charge on any atom is -0.467 e. The molecule has 4 amide bonds. The average Bonchev–Trinajstić information content (AvgIpc) is 3.40. The average molecular weight is 407 g/mol. The Bertz CT molecular complexity index is 1170. The summed E-state index contributed by atoms with van der Waals surface area (Å²) in [6.45, 7) is -0.130. The smallest absolute Gasteiger partial charge is 0.331 e. The molecule has 2 aromatic heterocycles. The van der Waals surface area contributed by atoms with E-state index in [1.54, 1.807) is 18.2 Å². The Morgan fingerprint density at radius 2 is 1.83 bits per heavy atom. The number of nitro groups is 1. The van der Waals surface area contributed by atoms with Crippen LogP contribution in [-0.4, -0.2) is 27.7 Å². The van der Waals surface area contributed by atoms with Crippen LogP contribution in [0, 0.1) is 10.1 Å². The van der Waals surface area contributed by atoms with Crippen LogP contribution in [0.25, 0.3) is 17.4 Å². The van der Waals surface area contributed by atoms with Crippen molar-refractivity contribution < 1.29 is 28.1 Å². The lowest BCUT2D eigenvalue weighted by Crippen LogP contribution is -2.53. The summed E-state index contributed by atoms with van der Waals surface area (Å²) >= 11 is 0. The molecule has 0 bridgehead atoms. The Balaban J connectivity index is 1.59. The summed E-state index contributed by atoms with van der Waals surface area (Å²) in [5.41, 5.74) is 0.253. The fourth-order valence-corrected chi connectivity index (χ4v) is 2.87. The predicted molar refractivity (Wildman–Crippen MR) is 102 cm³/mol. The molecule has 3 heterocycles. The van der Waals surface area contributed by atoms with Crippen molar-refractivity contribution in [2.75, 3.05) is 0 Å². The lowest BCUT2D eigenvalue weighted by molar-refractivity contribution is -0.384. The summed E-state index contributed by atoms with van der Waals surface area (Å²) < 4.78 is 10.8. The van der Waals surface area contributed by atoms with Crippen molar-refractivity contribution in [1.29, 1.82) is 0 Å². The Labute approximate surface area is 168 Å². The first-order chi connectivity index (χ1) is 14.4. The summed E-state index contributed by atoms with van der Waals surface area (Å²) in [7, 11) is 0. The fourth-order valence-electron chi connectivity index (χ4n) is 2.87. The van der Waals surface area contributed by atoms with Gasteiger partial charge in [0.15, 0.2) is 0 Å². The number of rotatable bonds is 5. The van der Waals surface area contributed by atoms with Gasteiger partial charge in [-0.2, -0.15) is 0 Å². The van der Waals surface area contributed by atoms with Gasteiger partial charge in [-0.05, 0) is 42.5 Å². The molecule has 1 N–H and O–H groups in total. The number of hydrogen-bond donors (Lipinski definition) is 1. The molecule has 150 valence electrons. The van der Waals surface area contributed by atoms with Gasteiger partial charge in [-0.25, -0.2) is 4.79 Å². The van der Waals surface area contributed by atoms with E-state index in [-0.39, 0.29) is 23.6 Å². The molecule has 0 unspecified atom stereocenters. The number of nitrogens with zero attached hydrogens (tertiary/aromatic N) is 2. The van der Waals surface area contributed by atoms with Crippen LogP contribution in [0.2, 0.25) is 0 Å². The minimum atomic E-state index is -0.843. The van der Waals surface area contributed by atoms with Crippen LogP contribution in [0.5, 0.6) is 0 Å². The first-order valence-corrected chi connectivity index (χ1v) is 8.68. The van der Waals surface area contributed by atoms with E-state index < -0.39 is 22.8 Å². The molecular formula is C20H13N3O7. The summed E-state index contributed by atoms with van der Waals surface area (Å²) in [6, 6.07) is 11.2. The van der Waals surface area contributed by atoms with Crippen LogP contribution in [0.1, 0.15) is 11.5 Å². The largest absolute Gasteiger partial charge is 0.467 e. The van der Waals surface area contributed by atoms with Crippen LogP contribution < -0.4 is 5.32 Å². The molecule has 3 aromatic rings. The molecule has 0 spiro atoms. The van der Waals surface area contributed by atoms with Gasteiger partial charge < -0.3 is 8.83 Å². The molecule has 0 saturated carbocycles. The summed E-state index contributed by atoms with van der Waals surface area (Å²) in [5, 5.41) is 12.9. The van der Waals surface area contributed by atoms with Crippen LogP contribution >= 0.6 is 0 Å². The monoisotopic (exact) mass is 407 g/mol. The molecule has 4 rings (SSSR count). The Morgan fingerprint density at radius 3 is 2.50 bits per heavy atom. The third-order valence-electron chi connectivity index (χ3n) is 4.36. The number of carbonyl (C=O) groups is 3. The first kappa shape index (κ1) is 18.9. The zero-order valence-electron chi connectivity index (χ0n) is 15.2. The van der Waals surface area contributed by atoms with E-state index in [1.807, 2.05) is 0 Å². The van der Waals surface area contributed by atoms with E-state index in [0.717, 1.165) is 4.90 Å². The van der Waals surface area contributed by atoms with Gasteiger partial charge in [-0.1, -0.05) is 0 Å². The lowest BCUT2D eigenvalue weighted by Gasteiger charge is -2.25. The molecule has 1 aliphatic rings. The second kappa shape index (κ2) is 7.51. The maximum atomic E-state index is 12.7. The Morgan fingerprint density at radius 1 is 1.07 bits per heavy atom. The molecule has 1 fully saturated rings. The number of barbiturate groups is 1. The number of carbonyl (C=O) groups excluding carboxylic acids is 3. The summed E-state index contributed by atoms with van der Waals surface area (Å²) in [5.74, 6) is -0.647. The molecule has 10 nitrogen and oxygen atoms in total. The maximum Gasteiger partial charge on any atom is 0.331 e. The van der Waals surface area contributed by atoms with Crippen molar-refractivity contribution >= 4 is 29.6 Å². The number of benzene rings is 1. The second-order valence-electron chi connectivity index (χ2n) is 6.29. The topological polar surface area (TPSA) is 136 Å². The zero-order chi connectivity index (χ0) is 21.3. The van der Waals surface area contributed by atoms with Crippen LogP contribution in [-0.2, 0) is 16.1 Å². The van der Waals surface area contributed by atoms with Crippen molar-refractivity contribution in [2.24, 2.45) is 0 Å². The van der Waals surface area contributed by atoms with Crippen molar-refractivity contribution in [3.05, 3.63) is 82.0 Å². The molecular weight excluding hydrogens is 394 g/mol. The second-order valence-corrected chi connectivity index (χ2v) is 6.29. The number of furan rings is 2. The lowest BCUT2D eigenvalue weighted by atomic mass is 10.1. The number of imide groups is 2. The van der Waals surface area contributed by atoms with E-state index in [0.29, 0.717) is 17.1 Å². The SMILES string of the molecule is O=C1NC(=O)N(Cc2ccco2)C(=O)/C1=C\c1ccc(-c2ccc([N+](=O)[O-])cc2)o1. The highest BCUT2D eigenvalue weighted by Gasteiger charge is 2.36. The van der Waals surface area contributed by atoms with Crippen molar-refractivity contribution in [3.8, 4) is 11.3 Å². The molecule has 0 radical (unpaired) electrons. The standard InChI is InChI=1S/C20H13N3O7/c24-18-16(19(25)22(20(26)21-18)11-15-2-1-9-29-15)10-14-7-8-17(30-14)12-3-5-13(6-4-12)23(27)28/h1-10H,11H2,(H,21,24,26)/b16-10-. The summed E-state index contributed by atoms with van der Waals surface area (Å²) in [4.78, 5) is 48.0. The Kier molecular flexibility index (Phi) is 4.72. The van der Waals surface area contributed by atoms with Crippen LogP contribution in [0.15, 0.2) is 69.2 Å². The van der Waals surface area contributed by atoms with Gasteiger partial charge in [-0.3, -0.25) is 29.9 Å². The predicted octanol–water partition coefficient (Wildman–Crippen LogP) is 3.11. The third kappa shape index (κ3) is 3.61. The minimum absolute atomic E-state index is 0.0570. The maximum absolute atomic E-state index is 12.7. The molecule has 0 aliphatic carbocycles. The summed E-state index contributed by atoms with van der Waals surface area (Å²) in [6.07, 6.45) is 2.64. The van der Waals surface area contributed by atoms with Gasteiger partial charge in [0.2, 0.25) is 0 Å². The quantitative estimate of drug-likeness (QED) is 0.297. The number of non-ortho nitro benzene ring substituents is 1. The highest BCUT2D eigenvalue weighted by atomic mass is 16.6. The van der Waals surface area contributed by atoms with Crippen LogP contribution in [0.3, 0.4) is 0 Å². The number of hydrogen-bond acceptors (Lipinski definition) is 7. The molecule has 10 heteroatoms. The molecule has 1 saturated heterocycles. The van der Waals surface area contributed by atoms with Crippen molar-refractivity contribution in [1.82, 2.24) is 10.2 Å². The normalized spacial score (nSPS) is 15.5. The first-order valence-electron chi connectivity index (χ1n) is 8.68. The highest BCUT2D eigenvalue weighted by Crippen LogP contribution is 2.26. The third-order valence-corrected chi connectivity index (χ3v) is 4.36.